The summed E-state index contributed by atoms with van der Waals surface area (Å²) in [7, 11) is 1.53. The summed E-state index contributed by atoms with van der Waals surface area (Å²) >= 11 is 5.69. The van der Waals surface area contributed by atoms with Crippen LogP contribution in [0.25, 0.3) is 10.9 Å². The van der Waals surface area contributed by atoms with E-state index in [1.807, 2.05) is 0 Å². The van der Waals surface area contributed by atoms with Crippen LogP contribution in [0.5, 0.6) is 11.5 Å². The molecular weight excluding hydrogens is 442 g/mol. The number of nitrogens with one attached hydrogen (secondary N) is 1. The smallest absolute Gasteiger partial charge is 0.219 e. The molecule has 1 aromatic heterocycles. The maximum Gasteiger partial charge on any atom is 0.219 e. The molecule has 0 radical (unpaired) electrons. The number of nitrogens with zero attached hydrogens (tertiary/aromatic N) is 3. The van der Waals surface area contributed by atoms with Crippen LogP contribution in [0.15, 0.2) is 30.6 Å². The van der Waals surface area contributed by atoms with E-state index in [1.54, 1.807) is 24.0 Å². The fourth-order valence-corrected chi connectivity index (χ4v) is 3.80. The summed E-state index contributed by atoms with van der Waals surface area (Å²) < 4.78 is 39.6. The highest BCUT2D eigenvalue weighted by Crippen LogP contribution is 2.37. The van der Waals surface area contributed by atoms with Crippen LogP contribution in [0, 0.1) is 11.6 Å². The van der Waals surface area contributed by atoms with Crippen LogP contribution < -0.4 is 14.8 Å². The molecule has 0 saturated carbocycles. The van der Waals surface area contributed by atoms with Crippen LogP contribution in [0.2, 0.25) is 5.02 Å². The van der Waals surface area contributed by atoms with Crippen molar-refractivity contribution >= 4 is 39.9 Å². The largest absolute Gasteiger partial charge is 0.493 e. The van der Waals surface area contributed by atoms with Crippen molar-refractivity contribution in [2.24, 2.45) is 0 Å². The lowest BCUT2D eigenvalue weighted by Crippen LogP contribution is -2.40. The van der Waals surface area contributed by atoms with Crippen molar-refractivity contribution in [2.75, 3.05) is 25.5 Å². The highest BCUT2D eigenvalue weighted by molar-refractivity contribution is 6.31. The van der Waals surface area contributed by atoms with Gasteiger partial charge in [0.15, 0.2) is 17.3 Å². The minimum absolute atomic E-state index is 0.0220. The maximum absolute atomic E-state index is 14.4. The van der Waals surface area contributed by atoms with Gasteiger partial charge < -0.3 is 19.7 Å². The molecule has 10 heteroatoms. The molecule has 1 saturated heterocycles. The van der Waals surface area contributed by atoms with Gasteiger partial charge in [0.25, 0.3) is 0 Å². The predicted octanol–water partition coefficient (Wildman–Crippen LogP) is 4.70. The summed E-state index contributed by atoms with van der Waals surface area (Å²) in [5.74, 6) is -0.439. The molecule has 1 aliphatic rings. The van der Waals surface area contributed by atoms with Crippen molar-refractivity contribution in [1.29, 1.82) is 0 Å². The Morgan fingerprint density at radius 2 is 1.94 bits per heavy atom. The van der Waals surface area contributed by atoms with Crippen LogP contribution in [0.3, 0.4) is 0 Å². The number of halogens is 3. The molecule has 32 heavy (non-hydrogen) atoms. The van der Waals surface area contributed by atoms with Crippen molar-refractivity contribution in [3.05, 3.63) is 47.2 Å². The van der Waals surface area contributed by atoms with Gasteiger partial charge >= 0.3 is 0 Å². The van der Waals surface area contributed by atoms with Crippen molar-refractivity contribution in [3.8, 4) is 11.5 Å². The molecule has 1 aliphatic heterocycles. The minimum Gasteiger partial charge on any atom is -0.493 e. The number of fused-ring (bicyclic) bond motifs is 1. The molecule has 168 valence electrons. The van der Waals surface area contributed by atoms with Crippen LogP contribution in [0.1, 0.15) is 19.8 Å². The lowest BCUT2D eigenvalue weighted by molar-refractivity contribution is -0.130. The van der Waals surface area contributed by atoms with E-state index in [-0.39, 0.29) is 17.7 Å². The second-order valence-electron chi connectivity index (χ2n) is 7.41. The van der Waals surface area contributed by atoms with Crippen molar-refractivity contribution in [3.63, 3.8) is 0 Å². The van der Waals surface area contributed by atoms with Gasteiger partial charge in [0.2, 0.25) is 5.91 Å². The number of aromatic nitrogens is 2. The minimum atomic E-state index is -0.916. The highest BCUT2D eigenvalue weighted by Gasteiger charge is 2.24. The van der Waals surface area contributed by atoms with Crippen molar-refractivity contribution < 1.29 is 23.0 Å². The first kappa shape index (κ1) is 22.0. The van der Waals surface area contributed by atoms with Gasteiger partial charge in [-0.3, -0.25) is 4.79 Å². The van der Waals surface area contributed by atoms with Crippen LogP contribution in [0.4, 0.5) is 20.3 Å². The molecule has 2 aromatic carbocycles. The van der Waals surface area contributed by atoms with E-state index in [2.05, 4.69) is 15.3 Å². The lowest BCUT2D eigenvalue weighted by atomic mass is 10.1. The van der Waals surface area contributed by atoms with Crippen molar-refractivity contribution in [2.45, 2.75) is 25.9 Å². The first-order valence-corrected chi connectivity index (χ1v) is 10.4. The number of hydrogen-bond acceptors (Lipinski definition) is 6. The first-order valence-electron chi connectivity index (χ1n) is 10.0. The Bertz CT molecular complexity index is 1170. The van der Waals surface area contributed by atoms with Crippen molar-refractivity contribution in [1.82, 2.24) is 14.9 Å². The Morgan fingerprint density at radius 1 is 1.19 bits per heavy atom. The number of rotatable bonds is 5. The number of carbonyl (C=O) groups is 1. The molecule has 4 rings (SSSR count). The van der Waals surface area contributed by atoms with Gasteiger partial charge in [-0.15, -0.1) is 0 Å². The number of anilines is 2. The number of methoxy groups -OCH3 is 1. The van der Waals surface area contributed by atoms with Gasteiger partial charge in [0.1, 0.15) is 29.1 Å². The molecule has 0 atom stereocenters. The van der Waals surface area contributed by atoms with Gasteiger partial charge in [0.05, 0.1) is 18.3 Å². The third-order valence-corrected chi connectivity index (χ3v) is 5.74. The summed E-state index contributed by atoms with van der Waals surface area (Å²) in [5.41, 5.74) is 0.526. The number of hydrogen-bond donors (Lipinski definition) is 1. The summed E-state index contributed by atoms with van der Waals surface area (Å²) in [6.45, 7) is 2.80. The quantitative estimate of drug-likeness (QED) is 0.554. The second kappa shape index (κ2) is 9.12. The van der Waals surface area contributed by atoms with E-state index in [0.717, 1.165) is 6.07 Å². The average Bonchev–Trinajstić information content (AvgIpc) is 2.79. The predicted molar refractivity (Wildman–Crippen MR) is 117 cm³/mol. The monoisotopic (exact) mass is 462 g/mol. The summed E-state index contributed by atoms with van der Waals surface area (Å²) in [5, 5.41) is 2.81. The summed E-state index contributed by atoms with van der Waals surface area (Å²) in [6.07, 6.45) is 2.62. The zero-order chi connectivity index (χ0) is 22.8. The molecule has 0 aliphatic carbocycles. The molecule has 1 fully saturated rings. The Kier molecular flexibility index (Phi) is 6.27. The topological polar surface area (TPSA) is 76.6 Å². The fraction of sp³-hybridized carbons (Fsp3) is 0.318. The molecule has 1 N–H and O–H groups in total. The summed E-state index contributed by atoms with van der Waals surface area (Å²) in [4.78, 5) is 21.8. The Hall–Kier alpha value is -3.20. The molecule has 0 bridgehead atoms. The second-order valence-corrected chi connectivity index (χ2v) is 7.79. The van der Waals surface area contributed by atoms with Crippen LogP contribution in [-0.4, -0.2) is 47.1 Å². The number of amides is 1. The van der Waals surface area contributed by atoms with Crippen LogP contribution >= 0.6 is 11.6 Å². The number of carbonyl (C=O) groups excluding carboxylic acids is 1. The third-order valence-electron chi connectivity index (χ3n) is 5.39. The number of ether oxygens (including phenoxy) is 2. The first-order chi connectivity index (χ1) is 15.4. The Labute approximate surface area is 188 Å². The molecule has 2 heterocycles. The summed E-state index contributed by atoms with van der Waals surface area (Å²) in [6, 6.07) is 5.74. The van der Waals surface area contributed by atoms with Gasteiger partial charge in [-0.25, -0.2) is 18.7 Å². The van der Waals surface area contributed by atoms with Gasteiger partial charge in [-0.05, 0) is 18.2 Å². The zero-order valence-corrected chi connectivity index (χ0v) is 18.2. The molecule has 1 amide bonds. The molecule has 0 unspecified atom stereocenters. The van der Waals surface area contributed by atoms with E-state index in [0.29, 0.717) is 54.2 Å². The van der Waals surface area contributed by atoms with Gasteiger partial charge in [0, 0.05) is 44.3 Å². The van der Waals surface area contributed by atoms with Gasteiger partial charge in [-0.1, -0.05) is 11.6 Å². The number of benzene rings is 2. The Morgan fingerprint density at radius 3 is 2.62 bits per heavy atom. The lowest BCUT2D eigenvalue weighted by Gasteiger charge is -2.31. The highest BCUT2D eigenvalue weighted by atomic mass is 35.5. The van der Waals surface area contributed by atoms with E-state index < -0.39 is 16.7 Å². The van der Waals surface area contributed by atoms with E-state index in [9.17, 15) is 13.6 Å². The maximum atomic E-state index is 14.4. The van der Waals surface area contributed by atoms with E-state index in [1.165, 1.54) is 19.5 Å². The van der Waals surface area contributed by atoms with Crippen LogP contribution in [-0.2, 0) is 4.79 Å². The normalized spacial score (nSPS) is 14.5. The molecule has 7 nitrogen and oxygen atoms in total. The molecular formula is C22H21ClF2N4O3. The fourth-order valence-electron chi connectivity index (χ4n) is 3.63. The third kappa shape index (κ3) is 4.38. The standard InChI is InChI=1S/C22H21ClF2N4O3/c1-12(30)29-7-5-13(6-8-29)32-19-9-14-17(10-18(19)31-2)26-11-27-22(14)28-16-4-3-15(24)20(23)21(16)25/h3-4,9-11,13H,5-8H2,1-2H3,(H,26,27,28). The molecule has 0 spiro atoms. The van der Waals surface area contributed by atoms with E-state index >= 15 is 0 Å². The van der Waals surface area contributed by atoms with E-state index in [4.69, 9.17) is 21.1 Å². The zero-order valence-electron chi connectivity index (χ0n) is 17.5. The molecule has 3 aromatic rings. The number of piperidine rings is 1. The number of likely N-dealkylation sites (tertiary alicyclic amines) is 1. The Balaban J connectivity index is 1.65. The SMILES string of the molecule is COc1cc2ncnc(Nc3ccc(F)c(Cl)c3F)c2cc1OC1CCN(C(C)=O)CC1. The van der Waals surface area contributed by atoms with Gasteiger partial charge in [-0.2, -0.15) is 0 Å². The average molecular weight is 463 g/mol.